The number of likely N-dealkylation sites (tertiary alicyclic amines) is 1. The molecule has 31 heavy (non-hydrogen) atoms. The predicted octanol–water partition coefficient (Wildman–Crippen LogP) is 4.04. The fourth-order valence-corrected chi connectivity index (χ4v) is 4.30. The summed E-state index contributed by atoms with van der Waals surface area (Å²) in [5.41, 5.74) is 4.18. The van der Waals surface area contributed by atoms with Gasteiger partial charge >= 0.3 is 6.03 Å². The zero-order valence-corrected chi connectivity index (χ0v) is 18.6. The molecule has 0 bridgehead atoms. The van der Waals surface area contributed by atoms with E-state index >= 15 is 0 Å². The van der Waals surface area contributed by atoms with Gasteiger partial charge in [-0.05, 0) is 56.9 Å². The van der Waals surface area contributed by atoms with Crippen LogP contribution in [0.15, 0.2) is 42.5 Å². The molecular formula is C25H31N3O3. The molecule has 0 saturated carbocycles. The van der Waals surface area contributed by atoms with E-state index in [0.29, 0.717) is 26.2 Å². The van der Waals surface area contributed by atoms with Crippen molar-refractivity contribution in [2.45, 2.75) is 46.3 Å². The van der Waals surface area contributed by atoms with Crippen molar-refractivity contribution in [3.05, 3.63) is 59.2 Å². The predicted molar refractivity (Wildman–Crippen MR) is 121 cm³/mol. The molecule has 6 heteroatoms. The third kappa shape index (κ3) is 4.84. The molecule has 2 atom stereocenters. The van der Waals surface area contributed by atoms with Crippen molar-refractivity contribution in [3.63, 3.8) is 0 Å². The van der Waals surface area contributed by atoms with E-state index in [4.69, 9.17) is 4.74 Å². The van der Waals surface area contributed by atoms with E-state index in [1.165, 1.54) is 5.56 Å². The molecule has 0 aromatic heterocycles. The van der Waals surface area contributed by atoms with Gasteiger partial charge in [-0.1, -0.05) is 35.9 Å². The smallest absolute Gasteiger partial charge is 0.324 e. The highest BCUT2D eigenvalue weighted by Gasteiger charge is 2.34. The van der Waals surface area contributed by atoms with Crippen LogP contribution < -0.4 is 15.0 Å². The van der Waals surface area contributed by atoms with Crippen LogP contribution in [0, 0.1) is 19.8 Å². The van der Waals surface area contributed by atoms with Gasteiger partial charge in [0.25, 0.3) is 0 Å². The first-order chi connectivity index (χ1) is 14.9. The molecule has 3 amide bonds. The Morgan fingerprint density at radius 2 is 1.81 bits per heavy atom. The van der Waals surface area contributed by atoms with Gasteiger partial charge in [-0.3, -0.25) is 9.69 Å². The second kappa shape index (κ2) is 9.00. The fourth-order valence-electron chi connectivity index (χ4n) is 4.30. The fraction of sp³-hybridized carbons (Fsp3) is 0.440. The number of urea groups is 1. The molecule has 0 unspecified atom stereocenters. The number of piperidine rings is 1. The van der Waals surface area contributed by atoms with E-state index < -0.39 is 0 Å². The molecule has 2 aromatic carbocycles. The Labute approximate surface area is 184 Å². The summed E-state index contributed by atoms with van der Waals surface area (Å²) in [7, 11) is 0. The van der Waals surface area contributed by atoms with Crippen LogP contribution in [0.25, 0.3) is 0 Å². The zero-order valence-electron chi connectivity index (χ0n) is 18.6. The van der Waals surface area contributed by atoms with Crippen molar-refractivity contribution in [3.8, 4) is 5.75 Å². The number of nitrogens with one attached hydrogen (secondary N) is 1. The third-order valence-electron chi connectivity index (χ3n) is 6.05. The topological polar surface area (TPSA) is 61.9 Å². The molecular weight excluding hydrogens is 390 g/mol. The van der Waals surface area contributed by atoms with Gasteiger partial charge in [0.2, 0.25) is 5.91 Å². The van der Waals surface area contributed by atoms with Gasteiger partial charge in [0.05, 0.1) is 18.2 Å². The monoisotopic (exact) mass is 421 g/mol. The molecule has 6 nitrogen and oxygen atoms in total. The lowest BCUT2D eigenvalue weighted by Crippen LogP contribution is -2.53. The lowest BCUT2D eigenvalue weighted by atomic mass is 9.97. The second-order valence-electron chi connectivity index (χ2n) is 8.78. The van der Waals surface area contributed by atoms with Crippen molar-refractivity contribution >= 4 is 17.6 Å². The molecule has 164 valence electrons. The van der Waals surface area contributed by atoms with Crippen molar-refractivity contribution in [1.82, 2.24) is 10.2 Å². The number of amides is 3. The molecule has 1 fully saturated rings. The molecule has 2 aromatic rings. The van der Waals surface area contributed by atoms with Crippen LogP contribution in [0.1, 0.15) is 36.5 Å². The number of ether oxygens (including phenoxy) is 1. The number of carbonyl (C=O) groups excluding carboxylic acids is 2. The lowest BCUT2D eigenvalue weighted by Gasteiger charge is -2.39. The molecule has 4 rings (SSSR count). The van der Waals surface area contributed by atoms with Crippen molar-refractivity contribution in [2.24, 2.45) is 5.92 Å². The first kappa shape index (κ1) is 21.2. The summed E-state index contributed by atoms with van der Waals surface area (Å²) in [5.74, 6) is 0.574. The minimum Gasteiger partial charge on any atom is -0.487 e. The average molecular weight is 422 g/mol. The highest BCUT2D eigenvalue weighted by Crippen LogP contribution is 2.35. The second-order valence-corrected chi connectivity index (χ2v) is 8.78. The van der Waals surface area contributed by atoms with E-state index in [-0.39, 0.29) is 24.0 Å². The summed E-state index contributed by atoms with van der Waals surface area (Å²) < 4.78 is 5.92. The Balaban J connectivity index is 1.41. The van der Waals surface area contributed by atoms with Crippen molar-refractivity contribution in [1.29, 1.82) is 0 Å². The molecule has 1 saturated heterocycles. The summed E-state index contributed by atoms with van der Waals surface area (Å²) >= 11 is 0. The van der Waals surface area contributed by atoms with E-state index in [9.17, 15) is 9.59 Å². The number of anilines is 1. The van der Waals surface area contributed by atoms with Gasteiger partial charge in [-0.15, -0.1) is 0 Å². The lowest BCUT2D eigenvalue weighted by molar-refractivity contribution is -0.126. The van der Waals surface area contributed by atoms with E-state index in [1.807, 2.05) is 73.0 Å². The standard InChI is InChI=1S/C25H31N3O3/c1-17-6-9-20(10-7-17)14-26-24(29)21-5-4-12-27(16-21)25(30)28-15-19(3)31-23-11-8-18(2)13-22(23)28/h6-11,13,19,21H,4-5,12,14-16H2,1-3H3,(H,26,29)/t19-,21-/m0/s1. The Morgan fingerprint density at radius 3 is 2.58 bits per heavy atom. The Hall–Kier alpha value is -3.02. The number of nitrogens with zero attached hydrogens (tertiary/aromatic N) is 2. The van der Waals surface area contributed by atoms with Gasteiger partial charge < -0.3 is 15.0 Å². The van der Waals surface area contributed by atoms with Crippen molar-refractivity contribution in [2.75, 3.05) is 24.5 Å². The van der Waals surface area contributed by atoms with Gasteiger partial charge in [-0.2, -0.15) is 0 Å². The number of benzene rings is 2. The number of carbonyl (C=O) groups is 2. The van der Waals surface area contributed by atoms with Crippen LogP contribution in [-0.2, 0) is 11.3 Å². The van der Waals surface area contributed by atoms with E-state index in [0.717, 1.165) is 35.4 Å². The normalized spacial score (nSPS) is 20.6. The molecule has 1 N–H and O–H groups in total. The Morgan fingerprint density at radius 1 is 1.06 bits per heavy atom. The molecule has 2 aliphatic heterocycles. The van der Waals surface area contributed by atoms with Gasteiger partial charge in [0, 0.05) is 19.6 Å². The van der Waals surface area contributed by atoms with E-state index in [2.05, 4.69) is 5.32 Å². The Bertz CT molecular complexity index is 957. The van der Waals surface area contributed by atoms with Crippen LogP contribution in [0.5, 0.6) is 5.75 Å². The minimum atomic E-state index is -0.182. The van der Waals surface area contributed by atoms with Gasteiger partial charge in [-0.25, -0.2) is 4.79 Å². The van der Waals surface area contributed by atoms with E-state index in [1.54, 1.807) is 0 Å². The number of hydrogen-bond acceptors (Lipinski definition) is 3. The van der Waals surface area contributed by atoms with Gasteiger partial charge in [0.1, 0.15) is 11.9 Å². The zero-order chi connectivity index (χ0) is 22.0. The largest absolute Gasteiger partial charge is 0.487 e. The van der Waals surface area contributed by atoms with Crippen LogP contribution in [0.3, 0.4) is 0 Å². The third-order valence-corrected chi connectivity index (χ3v) is 6.05. The highest BCUT2D eigenvalue weighted by atomic mass is 16.5. The maximum Gasteiger partial charge on any atom is 0.324 e. The van der Waals surface area contributed by atoms with Gasteiger partial charge in [0.15, 0.2) is 0 Å². The molecule has 0 spiro atoms. The number of aryl methyl sites for hydroxylation is 2. The molecule has 0 radical (unpaired) electrons. The summed E-state index contributed by atoms with van der Waals surface area (Å²) in [6.07, 6.45) is 1.56. The quantitative estimate of drug-likeness (QED) is 0.814. The number of fused-ring (bicyclic) bond motifs is 1. The number of rotatable bonds is 3. The Kier molecular flexibility index (Phi) is 6.16. The summed E-state index contributed by atoms with van der Waals surface area (Å²) in [5, 5.41) is 3.05. The van der Waals surface area contributed by atoms with Crippen molar-refractivity contribution < 1.29 is 14.3 Å². The first-order valence-corrected chi connectivity index (χ1v) is 11.1. The maximum absolute atomic E-state index is 13.4. The van der Waals surface area contributed by atoms with Crippen LogP contribution in [0.2, 0.25) is 0 Å². The molecule has 2 heterocycles. The summed E-state index contributed by atoms with van der Waals surface area (Å²) in [6, 6.07) is 14.0. The average Bonchev–Trinajstić information content (AvgIpc) is 2.78. The molecule has 0 aliphatic carbocycles. The van der Waals surface area contributed by atoms with Crippen LogP contribution >= 0.6 is 0 Å². The molecule has 2 aliphatic rings. The maximum atomic E-state index is 13.4. The highest BCUT2D eigenvalue weighted by molar-refractivity contribution is 5.95. The summed E-state index contributed by atoms with van der Waals surface area (Å²) in [4.78, 5) is 29.8. The number of hydrogen-bond donors (Lipinski definition) is 1. The van der Waals surface area contributed by atoms with Crippen LogP contribution in [-0.4, -0.2) is 42.6 Å². The SMILES string of the molecule is Cc1ccc(CNC(=O)[C@H]2CCCN(C(=O)N3C[C@H](C)Oc4ccc(C)cc43)C2)cc1. The minimum absolute atomic E-state index is 0.0182. The summed E-state index contributed by atoms with van der Waals surface area (Å²) in [6.45, 7) is 8.17. The van der Waals surface area contributed by atoms with Crippen LogP contribution in [0.4, 0.5) is 10.5 Å². The first-order valence-electron chi connectivity index (χ1n) is 11.1.